The largest absolute Gasteiger partial charge is 0.457 e. The van der Waals surface area contributed by atoms with Crippen molar-refractivity contribution < 1.29 is 18.9 Å². The molecular formula is C17H13NO5. The monoisotopic (exact) mass is 311 g/mol. The highest BCUT2D eigenvalue weighted by atomic mass is 16.6. The number of nitro groups is 1. The van der Waals surface area contributed by atoms with Gasteiger partial charge in [0.25, 0.3) is 5.69 Å². The van der Waals surface area contributed by atoms with Gasteiger partial charge in [-0.1, -0.05) is 18.1 Å². The van der Waals surface area contributed by atoms with Gasteiger partial charge in [0.05, 0.1) is 4.92 Å². The number of carbonyl (C=O) groups is 1. The second-order valence-corrected chi connectivity index (χ2v) is 4.55. The molecule has 116 valence electrons. The van der Waals surface area contributed by atoms with Crippen LogP contribution in [-0.4, -0.2) is 17.5 Å². The zero-order valence-corrected chi connectivity index (χ0v) is 12.3. The Kier molecular flexibility index (Phi) is 4.95. The van der Waals surface area contributed by atoms with Gasteiger partial charge >= 0.3 is 5.97 Å². The van der Waals surface area contributed by atoms with E-state index in [4.69, 9.17) is 10.8 Å². The maximum atomic E-state index is 11.3. The molecule has 0 aliphatic heterocycles. The minimum absolute atomic E-state index is 0.0221. The zero-order valence-electron chi connectivity index (χ0n) is 12.3. The predicted octanol–water partition coefficient (Wildman–Crippen LogP) is 3.35. The number of rotatable bonds is 5. The van der Waals surface area contributed by atoms with E-state index in [1.807, 2.05) is 0 Å². The normalized spacial score (nSPS) is 10.4. The van der Waals surface area contributed by atoms with Crippen molar-refractivity contribution >= 4 is 17.7 Å². The topological polar surface area (TPSA) is 82.6 Å². The van der Waals surface area contributed by atoms with Gasteiger partial charge in [0.2, 0.25) is 0 Å². The van der Waals surface area contributed by atoms with E-state index in [0.29, 0.717) is 22.6 Å². The Labute approximate surface area is 132 Å². The van der Waals surface area contributed by atoms with Gasteiger partial charge in [-0.05, 0) is 25.1 Å². The fourth-order valence-electron chi connectivity index (χ4n) is 1.99. The molecule has 6 nitrogen and oxygen atoms in total. The first-order valence-corrected chi connectivity index (χ1v) is 6.65. The number of esters is 1. The van der Waals surface area contributed by atoms with Crippen molar-refractivity contribution in [2.45, 2.75) is 6.92 Å². The SMILES string of the molecule is C#CCOC(=O)/C=C/c1ccc(-c2cccc([N+](=O)[O-])c2C)o1. The summed E-state index contributed by atoms with van der Waals surface area (Å²) in [6, 6.07) is 8.09. The molecule has 0 unspecified atom stereocenters. The summed E-state index contributed by atoms with van der Waals surface area (Å²) in [5.74, 6) is 2.51. The Balaban J connectivity index is 2.22. The van der Waals surface area contributed by atoms with Crippen LogP contribution >= 0.6 is 0 Å². The Bertz CT molecular complexity index is 811. The Morgan fingerprint density at radius 3 is 2.91 bits per heavy atom. The maximum Gasteiger partial charge on any atom is 0.331 e. The van der Waals surface area contributed by atoms with Crippen LogP contribution in [0.5, 0.6) is 0 Å². The first-order valence-electron chi connectivity index (χ1n) is 6.65. The van der Waals surface area contributed by atoms with Crippen LogP contribution in [0.25, 0.3) is 17.4 Å². The smallest absolute Gasteiger partial charge is 0.331 e. The van der Waals surface area contributed by atoms with Crippen LogP contribution in [0.15, 0.2) is 40.8 Å². The minimum Gasteiger partial charge on any atom is -0.457 e. The van der Waals surface area contributed by atoms with Gasteiger partial charge in [-0.15, -0.1) is 6.42 Å². The molecule has 23 heavy (non-hydrogen) atoms. The summed E-state index contributed by atoms with van der Waals surface area (Å²) in [7, 11) is 0. The van der Waals surface area contributed by atoms with Crippen molar-refractivity contribution in [3.63, 3.8) is 0 Å². The number of hydrogen-bond acceptors (Lipinski definition) is 5. The quantitative estimate of drug-likeness (QED) is 0.278. The highest BCUT2D eigenvalue weighted by molar-refractivity contribution is 5.86. The first-order chi connectivity index (χ1) is 11.0. The molecule has 1 aromatic carbocycles. The molecule has 0 radical (unpaired) electrons. The molecule has 1 aromatic heterocycles. The number of carbonyl (C=O) groups excluding carboxylic acids is 1. The minimum atomic E-state index is -0.576. The van der Waals surface area contributed by atoms with Crippen LogP contribution in [0.4, 0.5) is 5.69 Å². The number of nitrogens with zero attached hydrogens (tertiary/aromatic N) is 1. The molecule has 0 saturated heterocycles. The number of ether oxygens (including phenoxy) is 1. The third kappa shape index (κ3) is 3.86. The molecule has 0 fully saturated rings. The molecule has 0 bridgehead atoms. The number of terminal acetylenes is 1. The van der Waals surface area contributed by atoms with Crippen LogP contribution < -0.4 is 0 Å². The van der Waals surface area contributed by atoms with E-state index in [2.05, 4.69) is 10.7 Å². The third-order valence-corrected chi connectivity index (χ3v) is 3.08. The summed E-state index contributed by atoms with van der Waals surface area (Å²) in [4.78, 5) is 21.8. The number of hydrogen-bond donors (Lipinski definition) is 0. The van der Waals surface area contributed by atoms with Crippen molar-refractivity contribution in [3.05, 3.63) is 57.8 Å². The number of benzene rings is 1. The Morgan fingerprint density at radius 2 is 2.22 bits per heavy atom. The van der Waals surface area contributed by atoms with E-state index < -0.39 is 10.9 Å². The second-order valence-electron chi connectivity index (χ2n) is 4.55. The predicted molar refractivity (Wildman–Crippen MR) is 84.4 cm³/mol. The molecule has 0 aliphatic carbocycles. The molecule has 0 aliphatic rings. The van der Waals surface area contributed by atoms with Crippen LogP contribution in [0.2, 0.25) is 0 Å². The van der Waals surface area contributed by atoms with E-state index in [-0.39, 0.29) is 12.3 Å². The van der Waals surface area contributed by atoms with Crippen molar-refractivity contribution in [2.24, 2.45) is 0 Å². The van der Waals surface area contributed by atoms with E-state index in [1.54, 1.807) is 31.2 Å². The van der Waals surface area contributed by atoms with Gasteiger partial charge in [0, 0.05) is 23.3 Å². The molecule has 0 spiro atoms. The van der Waals surface area contributed by atoms with Gasteiger partial charge in [-0.2, -0.15) is 0 Å². The van der Waals surface area contributed by atoms with E-state index in [9.17, 15) is 14.9 Å². The average molecular weight is 311 g/mol. The van der Waals surface area contributed by atoms with Crippen LogP contribution in [0, 0.1) is 29.4 Å². The van der Waals surface area contributed by atoms with Gasteiger partial charge < -0.3 is 9.15 Å². The van der Waals surface area contributed by atoms with Crippen LogP contribution in [0.1, 0.15) is 11.3 Å². The summed E-state index contributed by atoms with van der Waals surface area (Å²) < 4.78 is 10.3. The average Bonchev–Trinajstić information content (AvgIpc) is 2.99. The summed E-state index contributed by atoms with van der Waals surface area (Å²) in [5.41, 5.74) is 1.15. The molecule has 0 amide bonds. The molecule has 2 rings (SSSR count). The highest BCUT2D eigenvalue weighted by Gasteiger charge is 2.16. The molecule has 0 saturated carbocycles. The summed E-state index contributed by atoms with van der Waals surface area (Å²) in [5, 5.41) is 11.0. The van der Waals surface area contributed by atoms with Crippen molar-refractivity contribution in [1.82, 2.24) is 0 Å². The number of nitro benzene ring substituents is 1. The molecule has 1 heterocycles. The van der Waals surface area contributed by atoms with Gasteiger partial charge in [-0.3, -0.25) is 10.1 Å². The third-order valence-electron chi connectivity index (χ3n) is 3.08. The molecule has 0 N–H and O–H groups in total. The molecule has 0 atom stereocenters. The molecule has 6 heteroatoms. The lowest BCUT2D eigenvalue weighted by Gasteiger charge is -2.03. The standard InChI is InChI=1S/C17H13NO5/c1-3-11-22-17(19)10-8-13-7-9-16(23-13)14-5-4-6-15(12(14)2)18(20)21/h1,4-10H,11H2,2H3/b10-8+. The van der Waals surface area contributed by atoms with E-state index >= 15 is 0 Å². The summed E-state index contributed by atoms with van der Waals surface area (Å²) >= 11 is 0. The number of furan rings is 1. The lowest BCUT2D eigenvalue weighted by Crippen LogP contribution is -1.99. The van der Waals surface area contributed by atoms with Gasteiger partial charge in [-0.25, -0.2) is 4.79 Å². The molecule has 2 aromatic rings. The van der Waals surface area contributed by atoms with Crippen molar-refractivity contribution in [3.8, 4) is 23.7 Å². The van der Waals surface area contributed by atoms with Crippen LogP contribution in [-0.2, 0) is 9.53 Å². The van der Waals surface area contributed by atoms with Crippen molar-refractivity contribution in [2.75, 3.05) is 6.61 Å². The van der Waals surface area contributed by atoms with E-state index in [0.717, 1.165) is 0 Å². The molecular weight excluding hydrogens is 298 g/mol. The van der Waals surface area contributed by atoms with Crippen molar-refractivity contribution in [1.29, 1.82) is 0 Å². The maximum absolute atomic E-state index is 11.3. The lowest BCUT2D eigenvalue weighted by atomic mass is 10.1. The fourth-order valence-corrected chi connectivity index (χ4v) is 1.99. The highest BCUT2D eigenvalue weighted by Crippen LogP contribution is 2.31. The Morgan fingerprint density at radius 1 is 1.43 bits per heavy atom. The fraction of sp³-hybridized carbons (Fsp3) is 0.118. The second kappa shape index (κ2) is 7.09. The summed E-state index contributed by atoms with van der Waals surface area (Å²) in [6.07, 6.45) is 7.62. The van der Waals surface area contributed by atoms with Gasteiger partial charge in [0.1, 0.15) is 11.5 Å². The first kappa shape index (κ1) is 16.0. The lowest BCUT2D eigenvalue weighted by molar-refractivity contribution is -0.385. The zero-order chi connectivity index (χ0) is 16.8. The Hall–Kier alpha value is -3.33. The summed E-state index contributed by atoms with van der Waals surface area (Å²) in [6.45, 7) is 1.56. The van der Waals surface area contributed by atoms with E-state index in [1.165, 1.54) is 18.2 Å². The van der Waals surface area contributed by atoms with Crippen LogP contribution in [0.3, 0.4) is 0 Å². The van der Waals surface area contributed by atoms with Gasteiger partial charge in [0.15, 0.2) is 6.61 Å².